The SMILES string of the molecule is CC/C=C(\NC)c1ccc(C#Cc2ccc(C(=O)NC(C=O)C(C)O)cc2)cc1. The molecule has 0 fully saturated rings. The Kier molecular flexibility index (Phi) is 8.20. The van der Waals surface area contributed by atoms with Gasteiger partial charge in [0.2, 0.25) is 0 Å². The fourth-order valence-corrected chi connectivity index (χ4v) is 2.65. The van der Waals surface area contributed by atoms with Crippen LogP contribution in [0.25, 0.3) is 5.70 Å². The summed E-state index contributed by atoms with van der Waals surface area (Å²) in [5, 5.41) is 15.1. The summed E-state index contributed by atoms with van der Waals surface area (Å²) in [5.41, 5.74) is 4.27. The third-order valence-corrected chi connectivity index (χ3v) is 4.34. The summed E-state index contributed by atoms with van der Waals surface area (Å²) < 4.78 is 0. The number of hydrogen-bond donors (Lipinski definition) is 3. The molecule has 0 heterocycles. The Labute approximate surface area is 171 Å². The van der Waals surface area contributed by atoms with Crippen LogP contribution in [-0.2, 0) is 4.79 Å². The second-order valence-electron chi connectivity index (χ2n) is 6.56. The first kappa shape index (κ1) is 21.9. The van der Waals surface area contributed by atoms with Crippen molar-refractivity contribution in [1.82, 2.24) is 10.6 Å². The van der Waals surface area contributed by atoms with E-state index >= 15 is 0 Å². The predicted molar refractivity (Wildman–Crippen MR) is 115 cm³/mol. The molecule has 0 saturated heterocycles. The second kappa shape index (κ2) is 10.8. The normalized spacial score (nSPS) is 12.9. The average molecular weight is 390 g/mol. The Hall–Kier alpha value is -3.36. The third-order valence-electron chi connectivity index (χ3n) is 4.34. The lowest BCUT2D eigenvalue weighted by molar-refractivity contribution is -0.111. The van der Waals surface area contributed by atoms with Crippen molar-refractivity contribution in [3.8, 4) is 11.8 Å². The van der Waals surface area contributed by atoms with E-state index in [0.717, 1.165) is 28.8 Å². The Morgan fingerprint density at radius 3 is 1.97 bits per heavy atom. The van der Waals surface area contributed by atoms with Gasteiger partial charge in [-0.1, -0.05) is 37.0 Å². The molecule has 0 saturated carbocycles. The van der Waals surface area contributed by atoms with Crippen LogP contribution in [0.5, 0.6) is 0 Å². The molecule has 150 valence electrons. The van der Waals surface area contributed by atoms with Crippen LogP contribution in [0.2, 0.25) is 0 Å². The van der Waals surface area contributed by atoms with E-state index in [2.05, 4.69) is 35.5 Å². The maximum Gasteiger partial charge on any atom is 0.251 e. The van der Waals surface area contributed by atoms with Gasteiger partial charge in [-0.15, -0.1) is 0 Å². The van der Waals surface area contributed by atoms with Crippen molar-refractivity contribution < 1.29 is 14.7 Å². The van der Waals surface area contributed by atoms with Gasteiger partial charge in [0.25, 0.3) is 5.91 Å². The minimum absolute atomic E-state index is 0.398. The molecule has 2 aromatic carbocycles. The summed E-state index contributed by atoms with van der Waals surface area (Å²) in [4.78, 5) is 23.0. The Balaban J connectivity index is 2.07. The summed E-state index contributed by atoms with van der Waals surface area (Å²) in [6.45, 7) is 3.55. The molecule has 0 bridgehead atoms. The number of carbonyl (C=O) groups excluding carboxylic acids is 2. The highest BCUT2D eigenvalue weighted by atomic mass is 16.3. The molecular formula is C24H26N2O3. The smallest absolute Gasteiger partial charge is 0.251 e. The van der Waals surface area contributed by atoms with Crippen molar-refractivity contribution in [2.24, 2.45) is 0 Å². The standard InChI is InChI=1S/C24H26N2O3/c1-4-5-22(25-3)20-12-8-18(9-13-20)6-7-19-10-14-21(15-11-19)24(29)26-23(16-27)17(2)28/h5,8-17,23,25,28H,4H2,1-3H3,(H,26,29)/b22-5-. The average Bonchev–Trinajstić information content (AvgIpc) is 2.74. The van der Waals surface area contributed by atoms with Gasteiger partial charge in [0.1, 0.15) is 12.3 Å². The Morgan fingerprint density at radius 2 is 1.55 bits per heavy atom. The van der Waals surface area contributed by atoms with Gasteiger partial charge in [0.05, 0.1) is 6.10 Å². The predicted octanol–water partition coefficient (Wildman–Crippen LogP) is 2.73. The van der Waals surface area contributed by atoms with Crippen LogP contribution in [-0.4, -0.2) is 36.5 Å². The number of allylic oxidation sites excluding steroid dienone is 1. The zero-order valence-corrected chi connectivity index (χ0v) is 16.9. The number of rotatable bonds is 7. The minimum Gasteiger partial charge on any atom is -0.391 e. The molecule has 0 spiro atoms. The van der Waals surface area contributed by atoms with Gasteiger partial charge in [0, 0.05) is 29.4 Å². The molecule has 2 atom stereocenters. The molecule has 0 radical (unpaired) electrons. The van der Waals surface area contributed by atoms with Crippen LogP contribution >= 0.6 is 0 Å². The lowest BCUT2D eigenvalue weighted by Gasteiger charge is -2.15. The van der Waals surface area contributed by atoms with Gasteiger partial charge in [-0.3, -0.25) is 4.79 Å². The number of nitrogens with one attached hydrogen (secondary N) is 2. The molecule has 0 aliphatic heterocycles. The first-order chi connectivity index (χ1) is 14.0. The highest BCUT2D eigenvalue weighted by molar-refractivity contribution is 5.95. The lowest BCUT2D eigenvalue weighted by atomic mass is 10.1. The Bertz CT molecular complexity index is 917. The summed E-state index contributed by atoms with van der Waals surface area (Å²) in [7, 11) is 1.91. The van der Waals surface area contributed by atoms with E-state index < -0.39 is 18.1 Å². The number of carbonyl (C=O) groups is 2. The molecule has 0 aliphatic carbocycles. The van der Waals surface area contributed by atoms with E-state index in [1.807, 2.05) is 31.3 Å². The third kappa shape index (κ3) is 6.34. The summed E-state index contributed by atoms with van der Waals surface area (Å²) >= 11 is 0. The van der Waals surface area contributed by atoms with Crippen LogP contribution < -0.4 is 10.6 Å². The van der Waals surface area contributed by atoms with Crippen molar-refractivity contribution >= 4 is 17.9 Å². The fourth-order valence-electron chi connectivity index (χ4n) is 2.65. The number of aliphatic hydroxyl groups excluding tert-OH is 1. The van der Waals surface area contributed by atoms with Crippen LogP contribution in [0, 0.1) is 11.8 Å². The highest BCUT2D eigenvalue weighted by Crippen LogP contribution is 2.13. The molecule has 1 amide bonds. The number of benzene rings is 2. The Morgan fingerprint density at radius 1 is 1.03 bits per heavy atom. The monoisotopic (exact) mass is 390 g/mol. The number of aliphatic hydroxyl groups is 1. The molecule has 5 nitrogen and oxygen atoms in total. The molecule has 0 aliphatic rings. The van der Waals surface area contributed by atoms with Gasteiger partial charge < -0.3 is 20.5 Å². The van der Waals surface area contributed by atoms with E-state index in [9.17, 15) is 14.7 Å². The van der Waals surface area contributed by atoms with Crippen LogP contribution in [0.4, 0.5) is 0 Å². The van der Waals surface area contributed by atoms with Gasteiger partial charge >= 0.3 is 0 Å². The number of aldehydes is 1. The molecule has 3 N–H and O–H groups in total. The maximum absolute atomic E-state index is 12.1. The number of amides is 1. The minimum atomic E-state index is -0.949. The van der Waals surface area contributed by atoms with Crippen molar-refractivity contribution in [2.75, 3.05) is 7.05 Å². The van der Waals surface area contributed by atoms with E-state index in [1.54, 1.807) is 24.3 Å². The molecule has 5 heteroatoms. The molecule has 2 rings (SSSR count). The highest BCUT2D eigenvalue weighted by Gasteiger charge is 2.17. The first-order valence-electron chi connectivity index (χ1n) is 9.53. The maximum atomic E-state index is 12.1. The van der Waals surface area contributed by atoms with Gasteiger partial charge in [-0.05, 0) is 55.3 Å². The zero-order chi connectivity index (χ0) is 21.2. The zero-order valence-electron chi connectivity index (χ0n) is 16.9. The van der Waals surface area contributed by atoms with Gasteiger partial charge in [-0.2, -0.15) is 0 Å². The summed E-state index contributed by atoms with van der Waals surface area (Å²) in [6.07, 6.45) is 2.66. The van der Waals surface area contributed by atoms with E-state index in [0.29, 0.717) is 11.8 Å². The summed E-state index contributed by atoms with van der Waals surface area (Å²) in [5.74, 6) is 5.77. The summed E-state index contributed by atoms with van der Waals surface area (Å²) in [6, 6.07) is 13.8. The lowest BCUT2D eigenvalue weighted by Crippen LogP contribution is -2.43. The van der Waals surface area contributed by atoms with E-state index in [4.69, 9.17) is 0 Å². The second-order valence-corrected chi connectivity index (χ2v) is 6.56. The largest absolute Gasteiger partial charge is 0.391 e. The van der Waals surface area contributed by atoms with Gasteiger partial charge in [-0.25, -0.2) is 0 Å². The topological polar surface area (TPSA) is 78.4 Å². The van der Waals surface area contributed by atoms with Gasteiger partial charge in [0.15, 0.2) is 0 Å². The molecule has 29 heavy (non-hydrogen) atoms. The molecular weight excluding hydrogens is 364 g/mol. The van der Waals surface area contributed by atoms with Crippen molar-refractivity contribution in [2.45, 2.75) is 32.4 Å². The van der Waals surface area contributed by atoms with Crippen LogP contribution in [0.1, 0.15) is 47.3 Å². The van der Waals surface area contributed by atoms with E-state index in [1.165, 1.54) is 6.92 Å². The van der Waals surface area contributed by atoms with Crippen LogP contribution in [0.3, 0.4) is 0 Å². The first-order valence-corrected chi connectivity index (χ1v) is 9.53. The molecule has 2 aromatic rings. The van der Waals surface area contributed by atoms with Crippen molar-refractivity contribution in [3.63, 3.8) is 0 Å². The molecule has 0 aromatic heterocycles. The van der Waals surface area contributed by atoms with Crippen LogP contribution in [0.15, 0.2) is 54.6 Å². The van der Waals surface area contributed by atoms with Crippen molar-refractivity contribution in [3.05, 3.63) is 76.9 Å². The van der Waals surface area contributed by atoms with Crippen molar-refractivity contribution in [1.29, 1.82) is 0 Å². The molecule has 2 unspecified atom stereocenters. The fraction of sp³-hybridized carbons (Fsp3) is 0.250. The quantitative estimate of drug-likeness (QED) is 0.502. The van der Waals surface area contributed by atoms with E-state index in [-0.39, 0.29) is 0 Å². The number of hydrogen-bond acceptors (Lipinski definition) is 4.